The number of likely N-dealkylation sites (N-methyl/N-ethyl adjacent to an activating group) is 1. The van der Waals surface area contributed by atoms with Crippen LogP contribution >= 0.6 is 0 Å². The molecule has 1 atom stereocenters. The number of hydrogen-bond donors (Lipinski definition) is 2. The number of carbonyl (C=O) groups is 2. The molecule has 136 valence electrons. The van der Waals surface area contributed by atoms with Crippen molar-refractivity contribution < 1.29 is 23.3 Å². The normalized spacial score (nSPS) is 11.5. The zero-order valence-electron chi connectivity index (χ0n) is 13.7. The van der Waals surface area contributed by atoms with E-state index >= 15 is 0 Å². The van der Waals surface area contributed by atoms with Crippen LogP contribution in [0.5, 0.6) is 0 Å². The molecule has 0 fully saturated rings. The Labute approximate surface area is 147 Å². The standard InChI is InChI=1S/C17H15F2N3O4/c1-20-17(24)16(11-6-7-12(18)13(19)8-11)21-15(23)9-10-4-2-3-5-14(10)22(25)26/h2-8,16H,9H2,1H3,(H,20,24)(H,21,23). The molecule has 2 amide bonds. The van der Waals surface area contributed by atoms with E-state index in [2.05, 4.69) is 10.6 Å². The minimum Gasteiger partial charge on any atom is -0.357 e. The van der Waals surface area contributed by atoms with Gasteiger partial charge in [0.1, 0.15) is 6.04 Å². The Morgan fingerprint density at radius 2 is 1.85 bits per heavy atom. The molecule has 0 bridgehead atoms. The quantitative estimate of drug-likeness (QED) is 0.605. The number of amides is 2. The van der Waals surface area contributed by atoms with E-state index in [0.29, 0.717) is 0 Å². The highest BCUT2D eigenvalue weighted by Gasteiger charge is 2.24. The number of nitro benzene ring substituents is 1. The lowest BCUT2D eigenvalue weighted by Crippen LogP contribution is -2.39. The molecular weight excluding hydrogens is 348 g/mol. The number of rotatable bonds is 6. The smallest absolute Gasteiger partial charge is 0.273 e. The molecule has 0 saturated heterocycles. The molecule has 0 radical (unpaired) electrons. The third-order valence-corrected chi connectivity index (χ3v) is 3.63. The lowest BCUT2D eigenvalue weighted by atomic mass is 10.0. The van der Waals surface area contributed by atoms with Crippen LogP contribution in [0.25, 0.3) is 0 Å². The van der Waals surface area contributed by atoms with E-state index in [4.69, 9.17) is 0 Å². The minimum absolute atomic E-state index is 0.0409. The number of benzene rings is 2. The van der Waals surface area contributed by atoms with Gasteiger partial charge in [0.05, 0.1) is 11.3 Å². The number of para-hydroxylation sites is 1. The number of hydrogen-bond acceptors (Lipinski definition) is 4. The fourth-order valence-corrected chi connectivity index (χ4v) is 2.36. The van der Waals surface area contributed by atoms with Crippen molar-refractivity contribution in [2.24, 2.45) is 0 Å². The largest absolute Gasteiger partial charge is 0.357 e. The van der Waals surface area contributed by atoms with Crippen LogP contribution in [0.3, 0.4) is 0 Å². The summed E-state index contributed by atoms with van der Waals surface area (Å²) in [6.07, 6.45) is -0.353. The molecule has 0 aliphatic heterocycles. The molecule has 0 aliphatic rings. The maximum Gasteiger partial charge on any atom is 0.273 e. The number of carbonyl (C=O) groups excluding carboxylic acids is 2. The first kappa shape index (κ1) is 19.0. The van der Waals surface area contributed by atoms with Crippen molar-refractivity contribution in [3.05, 3.63) is 75.3 Å². The molecule has 0 saturated carbocycles. The second-order valence-corrected chi connectivity index (χ2v) is 5.35. The predicted octanol–water partition coefficient (Wildman–Crippen LogP) is 2.02. The monoisotopic (exact) mass is 363 g/mol. The van der Waals surface area contributed by atoms with Crippen molar-refractivity contribution in [3.8, 4) is 0 Å². The molecular formula is C17H15F2N3O4. The summed E-state index contributed by atoms with van der Waals surface area (Å²) < 4.78 is 26.5. The lowest BCUT2D eigenvalue weighted by Gasteiger charge is -2.18. The first-order chi connectivity index (χ1) is 12.3. The molecule has 2 N–H and O–H groups in total. The van der Waals surface area contributed by atoms with Crippen molar-refractivity contribution >= 4 is 17.5 Å². The SMILES string of the molecule is CNC(=O)C(NC(=O)Cc1ccccc1[N+](=O)[O-])c1ccc(F)c(F)c1. The van der Waals surface area contributed by atoms with Gasteiger partial charge in [-0.15, -0.1) is 0 Å². The van der Waals surface area contributed by atoms with Gasteiger partial charge in [-0.1, -0.05) is 24.3 Å². The molecule has 9 heteroatoms. The minimum atomic E-state index is -1.27. The fourth-order valence-electron chi connectivity index (χ4n) is 2.36. The molecule has 2 aromatic rings. The van der Waals surface area contributed by atoms with Gasteiger partial charge < -0.3 is 10.6 Å². The van der Waals surface area contributed by atoms with Crippen molar-refractivity contribution in [3.63, 3.8) is 0 Å². The van der Waals surface area contributed by atoms with Crippen molar-refractivity contribution in [2.75, 3.05) is 7.05 Å². The van der Waals surface area contributed by atoms with E-state index in [0.717, 1.165) is 12.1 Å². The number of nitrogens with zero attached hydrogens (tertiary/aromatic N) is 1. The van der Waals surface area contributed by atoms with Crippen LogP contribution in [0, 0.1) is 21.7 Å². The Hall–Kier alpha value is -3.36. The molecule has 1 unspecified atom stereocenters. The average molecular weight is 363 g/mol. The second kappa shape index (κ2) is 8.15. The topological polar surface area (TPSA) is 101 Å². The molecule has 2 aromatic carbocycles. The Kier molecular flexibility index (Phi) is 5.94. The number of nitro groups is 1. The van der Waals surface area contributed by atoms with Gasteiger partial charge in [0.2, 0.25) is 11.8 Å². The van der Waals surface area contributed by atoms with E-state index in [1.165, 1.54) is 31.3 Å². The van der Waals surface area contributed by atoms with Crippen LogP contribution in [0.2, 0.25) is 0 Å². The van der Waals surface area contributed by atoms with Gasteiger partial charge in [-0.05, 0) is 17.7 Å². The maximum atomic E-state index is 13.4. The van der Waals surface area contributed by atoms with Gasteiger partial charge in [-0.25, -0.2) is 8.78 Å². The first-order valence-electron chi connectivity index (χ1n) is 7.51. The second-order valence-electron chi connectivity index (χ2n) is 5.35. The summed E-state index contributed by atoms with van der Waals surface area (Å²) in [6, 6.07) is 7.23. The third kappa shape index (κ3) is 4.38. The molecule has 0 aliphatic carbocycles. The lowest BCUT2D eigenvalue weighted by molar-refractivity contribution is -0.385. The molecule has 7 nitrogen and oxygen atoms in total. The zero-order valence-corrected chi connectivity index (χ0v) is 13.7. The summed E-state index contributed by atoms with van der Waals surface area (Å²) >= 11 is 0. The van der Waals surface area contributed by atoms with E-state index in [9.17, 15) is 28.5 Å². The number of halogens is 2. The summed E-state index contributed by atoms with van der Waals surface area (Å²) in [4.78, 5) is 34.7. The summed E-state index contributed by atoms with van der Waals surface area (Å²) in [5, 5.41) is 15.7. The first-order valence-corrected chi connectivity index (χ1v) is 7.51. The zero-order chi connectivity index (χ0) is 19.3. The Balaban J connectivity index is 2.23. The van der Waals surface area contributed by atoms with Gasteiger partial charge in [-0.3, -0.25) is 19.7 Å². The van der Waals surface area contributed by atoms with Gasteiger partial charge >= 0.3 is 0 Å². The van der Waals surface area contributed by atoms with Crippen LogP contribution in [0.15, 0.2) is 42.5 Å². The van der Waals surface area contributed by atoms with Crippen molar-refractivity contribution in [2.45, 2.75) is 12.5 Å². The fraction of sp³-hybridized carbons (Fsp3) is 0.176. The van der Waals surface area contributed by atoms with Crippen LogP contribution in [0.4, 0.5) is 14.5 Å². The summed E-state index contributed by atoms with van der Waals surface area (Å²) in [5.74, 6) is -3.58. The van der Waals surface area contributed by atoms with Crippen LogP contribution < -0.4 is 10.6 Å². The van der Waals surface area contributed by atoms with Crippen LogP contribution in [-0.4, -0.2) is 23.8 Å². The van der Waals surface area contributed by atoms with E-state index in [1.54, 1.807) is 6.07 Å². The highest BCUT2D eigenvalue weighted by atomic mass is 19.2. The van der Waals surface area contributed by atoms with Crippen molar-refractivity contribution in [1.82, 2.24) is 10.6 Å². The molecule has 26 heavy (non-hydrogen) atoms. The number of nitrogens with one attached hydrogen (secondary N) is 2. The summed E-state index contributed by atoms with van der Waals surface area (Å²) in [7, 11) is 1.32. The van der Waals surface area contributed by atoms with Gasteiger partial charge in [-0.2, -0.15) is 0 Å². The van der Waals surface area contributed by atoms with E-state index in [1.807, 2.05) is 0 Å². The Morgan fingerprint density at radius 1 is 1.15 bits per heavy atom. The highest BCUT2D eigenvalue weighted by Crippen LogP contribution is 2.20. The van der Waals surface area contributed by atoms with Gasteiger partial charge in [0.25, 0.3) is 5.69 Å². The third-order valence-electron chi connectivity index (χ3n) is 3.63. The van der Waals surface area contributed by atoms with Gasteiger partial charge in [0, 0.05) is 18.7 Å². The summed E-state index contributed by atoms with van der Waals surface area (Å²) in [5.41, 5.74) is -0.0259. The predicted molar refractivity (Wildman–Crippen MR) is 88.1 cm³/mol. The molecule has 2 rings (SSSR count). The van der Waals surface area contributed by atoms with Crippen LogP contribution in [-0.2, 0) is 16.0 Å². The van der Waals surface area contributed by atoms with Crippen molar-refractivity contribution in [1.29, 1.82) is 0 Å². The van der Waals surface area contributed by atoms with E-state index < -0.39 is 34.4 Å². The average Bonchev–Trinajstić information content (AvgIpc) is 2.61. The maximum absolute atomic E-state index is 13.4. The van der Waals surface area contributed by atoms with Gasteiger partial charge in [0.15, 0.2) is 11.6 Å². The Morgan fingerprint density at radius 3 is 2.46 bits per heavy atom. The van der Waals surface area contributed by atoms with Crippen LogP contribution in [0.1, 0.15) is 17.2 Å². The molecule has 0 spiro atoms. The Bertz CT molecular complexity index is 858. The molecule has 0 aromatic heterocycles. The highest BCUT2D eigenvalue weighted by molar-refractivity contribution is 5.89. The summed E-state index contributed by atoms with van der Waals surface area (Å²) in [6.45, 7) is 0. The molecule has 0 heterocycles. The van der Waals surface area contributed by atoms with E-state index in [-0.39, 0.29) is 23.2 Å².